The molecule has 0 saturated heterocycles. The predicted molar refractivity (Wildman–Crippen MR) is 105 cm³/mol. The molecule has 0 amide bonds. The van der Waals surface area contributed by atoms with Crippen LogP contribution in [0.2, 0.25) is 0 Å². The molecule has 148 valence electrons. The van der Waals surface area contributed by atoms with Crippen LogP contribution >= 0.6 is 47.8 Å². The summed E-state index contributed by atoms with van der Waals surface area (Å²) in [5.41, 5.74) is -2.76. The second-order valence-electron chi connectivity index (χ2n) is 5.67. The van der Waals surface area contributed by atoms with Crippen LogP contribution in [-0.4, -0.2) is 6.18 Å². The van der Waals surface area contributed by atoms with E-state index in [1.54, 1.807) is 6.07 Å². The molecule has 0 atom stereocenters. The van der Waals surface area contributed by atoms with Gasteiger partial charge < -0.3 is 4.42 Å². The number of halogens is 9. The SMILES string of the molecule is FC(F)(F)/C(=C/c1cc(Br)ccc1Br)c1c(C(F)(F)F)oc2ccc(Br)cc12. The zero-order valence-electron chi connectivity index (χ0n) is 13.4. The Kier molecular flexibility index (Phi) is 5.77. The Morgan fingerprint density at radius 3 is 2.07 bits per heavy atom. The van der Waals surface area contributed by atoms with Gasteiger partial charge in [-0.2, -0.15) is 26.3 Å². The van der Waals surface area contributed by atoms with Gasteiger partial charge in [0.25, 0.3) is 0 Å². The lowest BCUT2D eigenvalue weighted by atomic mass is 9.98. The minimum Gasteiger partial charge on any atom is -0.451 e. The van der Waals surface area contributed by atoms with Crippen LogP contribution in [0.3, 0.4) is 0 Å². The van der Waals surface area contributed by atoms with E-state index in [1.807, 2.05) is 0 Å². The zero-order chi connectivity index (χ0) is 20.9. The molecule has 1 nitrogen and oxygen atoms in total. The quantitative estimate of drug-likeness (QED) is 0.271. The van der Waals surface area contributed by atoms with Crippen LogP contribution in [0.5, 0.6) is 0 Å². The van der Waals surface area contributed by atoms with Gasteiger partial charge in [0.15, 0.2) is 0 Å². The van der Waals surface area contributed by atoms with E-state index in [1.165, 1.54) is 30.3 Å². The van der Waals surface area contributed by atoms with Crippen molar-refractivity contribution in [1.82, 2.24) is 0 Å². The fourth-order valence-corrected chi connectivity index (χ4v) is 3.71. The largest absolute Gasteiger partial charge is 0.451 e. The van der Waals surface area contributed by atoms with E-state index < -0.39 is 29.2 Å². The molecule has 28 heavy (non-hydrogen) atoms. The molecule has 0 saturated carbocycles. The maximum Gasteiger partial charge on any atom is 0.450 e. The number of furan rings is 1. The van der Waals surface area contributed by atoms with Gasteiger partial charge in [-0.05, 0) is 48.0 Å². The van der Waals surface area contributed by atoms with Crippen molar-refractivity contribution in [2.45, 2.75) is 12.4 Å². The first-order valence-electron chi connectivity index (χ1n) is 7.41. The molecule has 3 aromatic rings. The molecule has 0 N–H and O–H groups in total. The molecule has 10 heteroatoms. The van der Waals surface area contributed by atoms with Gasteiger partial charge in [0.05, 0.1) is 5.57 Å². The van der Waals surface area contributed by atoms with Gasteiger partial charge in [0, 0.05) is 24.4 Å². The molecule has 0 radical (unpaired) electrons. The third-order valence-electron chi connectivity index (χ3n) is 3.74. The lowest BCUT2D eigenvalue weighted by molar-refractivity contribution is -0.152. The molecule has 0 unspecified atom stereocenters. The van der Waals surface area contributed by atoms with Crippen molar-refractivity contribution in [3.05, 3.63) is 66.7 Å². The van der Waals surface area contributed by atoms with Gasteiger partial charge in [-0.3, -0.25) is 0 Å². The Bertz CT molecular complexity index is 1080. The summed E-state index contributed by atoms with van der Waals surface area (Å²) in [6, 6.07) is 8.16. The minimum atomic E-state index is -5.11. The van der Waals surface area contributed by atoms with E-state index in [2.05, 4.69) is 47.8 Å². The van der Waals surface area contributed by atoms with Crippen molar-refractivity contribution in [3.63, 3.8) is 0 Å². The Morgan fingerprint density at radius 2 is 1.46 bits per heavy atom. The summed E-state index contributed by atoms with van der Waals surface area (Å²) in [5, 5.41) is -0.295. The molecule has 3 rings (SSSR count). The van der Waals surface area contributed by atoms with Gasteiger partial charge in [-0.25, -0.2) is 0 Å². The monoisotopic (exact) mass is 590 g/mol. The first-order chi connectivity index (χ1) is 12.9. The smallest absolute Gasteiger partial charge is 0.450 e. The highest BCUT2D eigenvalue weighted by Crippen LogP contribution is 2.47. The summed E-state index contributed by atoms with van der Waals surface area (Å²) in [4.78, 5) is 0. The normalized spacial score (nSPS) is 13.4. The fraction of sp³-hybridized carbons (Fsp3) is 0.111. The maximum absolute atomic E-state index is 13.9. The minimum absolute atomic E-state index is 0.0548. The summed E-state index contributed by atoms with van der Waals surface area (Å²) >= 11 is 9.34. The van der Waals surface area contributed by atoms with Gasteiger partial charge in [0.1, 0.15) is 5.58 Å². The lowest BCUT2D eigenvalue weighted by Gasteiger charge is -2.15. The van der Waals surface area contributed by atoms with Crippen LogP contribution in [0.1, 0.15) is 16.9 Å². The standard InChI is InChI=1S/C18H7Br3F6O/c19-9-1-3-13(21)8(5-9)6-12(17(22,23)24)15-11-7-10(20)2-4-14(11)28-16(15)18(25,26)27/h1-7H/b12-6+. The number of alkyl halides is 6. The van der Waals surface area contributed by atoms with Crippen molar-refractivity contribution in [2.75, 3.05) is 0 Å². The third-order valence-corrected chi connectivity index (χ3v) is 5.45. The van der Waals surface area contributed by atoms with Crippen molar-refractivity contribution in [3.8, 4) is 0 Å². The molecule has 1 heterocycles. The second-order valence-corrected chi connectivity index (χ2v) is 8.35. The van der Waals surface area contributed by atoms with E-state index >= 15 is 0 Å². The highest BCUT2D eigenvalue weighted by atomic mass is 79.9. The topological polar surface area (TPSA) is 13.1 Å². The van der Waals surface area contributed by atoms with E-state index in [4.69, 9.17) is 4.42 Å². The Morgan fingerprint density at radius 1 is 0.857 bits per heavy atom. The number of rotatable bonds is 2. The molecule has 0 aliphatic rings. The second kappa shape index (κ2) is 7.53. The Hall–Kier alpha value is -1.26. The number of benzene rings is 2. The number of fused-ring (bicyclic) bond motifs is 1. The lowest BCUT2D eigenvalue weighted by Crippen LogP contribution is -2.15. The van der Waals surface area contributed by atoms with Crippen molar-refractivity contribution >= 4 is 70.4 Å². The van der Waals surface area contributed by atoms with Gasteiger partial charge in [-0.1, -0.05) is 47.8 Å². The summed E-state index contributed by atoms with van der Waals surface area (Å²) in [7, 11) is 0. The van der Waals surface area contributed by atoms with Crippen LogP contribution in [0.4, 0.5) is 26.3 Å². The Balaban J connectivity index is 2.42. The molecule has 0 spiro atoms. The average Bonchev–Trinajstić information content (AvgIpc) is 2.93. The molecule has 0 aliphatic heterocycles. The first kappa shape index (κ1) is 21.4. The van der Waals surface area contributed by atoms with Gasteiger partial charge in [-0.15, -0.1) is 0 Å². The van der Waals surface area contributed by atoms with Crippen LogP contribution in [-0.2, 0) is 6.18 Å². The van der Waals surface area contributed by atoms with Gasteiger partial charge in [0.2, 0.25) is 5.76 Å². The van der Waals surface area contributed by atoms with E-state index in [0.29, 0.717) is 19.5 Å². The average molecular weight is 593 g/mol. The highest BCUT2D eigenvalue weighted by molar-refractivity contribution is 9.11. The van der Waals surface area contributed by atoms with Crippen LogP contribution < -0.4 is 0 Å². The van der Waals surface area contributed by atoms with E-state index in [-0.39, 0.29) is 16.5 Å². The highest BCUT2D eigenvalue weighted by Gasteiger charge is 2.46. The van der Waals surface area contributed by atoms with E-state index in [9.17, 15) is 26.3 Å². The summed E-state index contributed by atoms with van der Waals surface area (Å²) in [6.45, 7) is 0. The number of allylic oxidation sites excluding steroid dienone is 1. The third kappa shape index (κ3) is 4.33. The molecule has 0 fully saturated rings. The zero-order valence-corrected chi connectivity index (χ0v) is 18.1. The summed E-state index contributed by atoms with van der Waals surface area (Å²) in [6.07, 6.45) is -9.52. The van der Waals surface area contributed by atoms with Crippen molar-refractivity contribution in [2.24, 2.45) is 0 Å². The summed E-state index contributed by atoms with van der Waals surface area (Å²) in [5.74, 6) is -1.70. The molecule has 1 aromatic heterocycles. The number of hydrogen-bond acceptors (Lipinski definition) is 1. The molecule has 2 aromatic carbocycles. The molecular formula is C18H7Br3F6O. The number of hydrogen-bond donors (Lipinski definition) is 0. The van der Waals surface area contributed by atoms with Gasteiger partial charge >= 0.3 is 12.4 Å². The van der Waals surface area contributed by atoms with Crippen molar-refractivity contribution < 1.29 is 30.8 Å². The first-order valence-corrected chi connectivity index (χ1v) is 9.79. The summed E-state index contributed by atoms with van der Waals surface area (Å²) < 4.78 is 88.0. The molecular weight excluding hydrogens is 586 g/mol. The van der Waals surface area contributed by atoms with Crippen molar-refractivity contribution in [1.29, 1.82) is 0 Å². The fourth-order valence-electron chi connectivity index (χ4n) is 2.61. The van der Waals surface area contributed by atoms with Crippen LogP contribution in [0.25, 0.3) is 22.6 Å². The molecule has 0 bridgehead atoms. The molecule has 0 aliphatic carbocycles. The predicted octanol–water partition coefficient (Wildman–Crippen LogP) is 8.84. The van der Waals surface area contributed by atoms with Crippen LogP contribution in [0.15, 0.2) is 54.2 Å². The maximum atomic E-state index is 13.9. The van der Waals surface area contributed by atoms with E-state index in [0.717, 1.165) is 0 Å². The Labute approximate surface area is 179 Å². The van der Waals surface area contributed by atoms with Crippen LogP contribution in [0, 0.1) is 0 Å².